The van der Waals surface area contributed by atoms with Crippen LogP contribution < -0.4 is 0 Å². The van der Waals surface area contributed by atoms with Gasteiger partial charge in [0.1, 0.15) is 17.1 Å². The number of piperazine rings is 1. The third kappa shape index (κ3) is 2.14. The molecule has 0 aromatic heterocycles. The van der Waals surface area contributed by atoms with E-state index in [0.29, 0.717) is 19.1 Å². The molecule has 2 saturated heterocycles. The Bertz CT molecular complexity index is 483. The van der Waals surface area contributed by atoms with Gasteiger partial charge in [-0.25, -0.2) is 0 Å². The summed E-state index contributed by atoms with van der Waals surface area (Å²) in [5.74, 6) is -0.583. The van der Waals surface area contributed by atoms with Crippen LogP contribution in [0.4, 0.5) is 0 Å². The Kier molecular flexibility index (Phi) is 3.06. The van der Waals surface area contributed by atoms with Gasteiger partial charge in [-0.3, -0.25) is 9.69 Å². The third-order valence-electron chi connectivity index (χ3n) is 4.11. The van der Waals surface area contributed by atoms with Crippen LogP contribution in [0.3, 0.4) is 0 Å². The van der Waals surface area contributed by atoms with Crippen LogP contribution in [0.2, 0.25) is 0 Å². The minimum absolute atomic E-state index is 0.0222. The molecule has 2 N–H and O–H groups in total. The molecule has 5 nitrogen and oxygen atoms in total. The molecule has 1 atom stereocenters. The highest BCUT2D eigenvalue weighted by atomic mass is 16.3. The lowest BCUT2D eigenvalue weighted by atomic mass is 10.1. The van der Waals surface area contributed by atoms with Gasteiger partial charge in [-0.15, -0.1) is 0 Å². The van der Waals surface area contributed by atoms with Gasteiger partial charge in [0.15, 0.2) is 0 Å². The zero-order valence-corrected chi connectivity index (χ0v) is 10.7. The number of benzene rings is 1. The molecule has 1 aromatic rings. The van der Waals surface area contributed by atoms with Crippen LogP contribution in [0.25, 0.3) is 0 Å². The first kappa shape index (κ1) is 12.3. The molecule has 1 unspecified atom stereocenters. The van der Waals surface area contributed by atoms with Crippen LogP contribution in [0.15, 0.2) is 18.2 Å². The van der Waals surface area contributed by atoms with Gasteiger partial charge in [-0.2, -0.15) is 0 Å². The van der Waals surface area contributed by atoms with E-state index in [1.165, 1.54) is 24.6 Å². The van der Waals surface area contributed by atoms with E-state index in [4.69, 9.17) is 0 Å². The molecule has 2 aliphatic heterocycles. The molecular formula is C14H18N2O3. The maximum atomic E-state index is 12.4. The number of amides is 1. The fraction of sp³-hybridized carbons (Fsp3) is 0.500. The van der Waals surface area contributed by atoms with E-state index in [1.54, 1.807) is 4.90 Å². The highest BCUT2D eigenvalue weighted by molar-refractivity contribution is 5.99. The minimum atomic E-state index is -0.276. The molecule has 102 valence electrons. The number of nitrogens with zero attached hydrogens (tertiary/aromatic N) is 2. The average Bonchev–Trinajstić information content (AvgIpc) is 2.85. The van der Waals surface area contributed by atoms with E-state index in [-0.39, 0.29) is 23.0 Å². The summed E-state index contributed by atoms with van der Waals surface area (Å²) in [5.41, 5.74) is 0.0222. The highest BCUT2D eigenvalue weighted by Crippen LogP contribution is 2.29. The molecule has 5 heteroatoms. The molecule has 2 aliphatic rings. The first-order valence-corrected chi connectivity index (χ1v) is 6.71. The summed E-state index contributed by atoms with van der Waals surface area (Å²) < 4.78 is 0. The van der Waals surface area contributed by atoms with Crippen LogP contribution in [0.1, 0.15) is 23.2 Å². The number of phenols is 2. The lowest BCUT2D eigenvalue weighted by Crippen LogP contribution is -2.52. The van der Waals surface area contributed by atoms with Gasteiger partial charge in [0.2, 0.25) is 0 Å². The number of fused-ring (bicyclic) bond motifs is 1. The lowest BCUT2D eigenvalue weighted by molar-refractivity contribution is 0.0565. The van der Waals surface area contributed by atoms with Crippen molar-refractivity contribution in [1.82, 2.24) is 9.80 Å². The quantitative estimate of drug-likeness (QED) is 0.793. The van der Waals surface area contributed by atoms with Gasteiger partial charge in [-0.05, 0) is 31.5 Å². The van der Waals surface area contributed by atoms with Crippen molar-refractivity contribution in [3.63, 3.8) is 0 Å². The van der Waals surface area contributed by atoms with E-state index in [1.807, 2.05) is 0 Å². The van der Waals surface area contributed by atoms with E-state index < -0.39 is 0 Å². The molecule has 1 amide bonds. The monoisotopic (exact) mass is 262 g/mol. The van der Waals surface area contributed by atoms with Gasteiger partial charge < -0.3 is 15.1 Å². The van der Waals surface area contributed by atoms with Crippen molar-refractivity contribution in [2.45, 2.75) is 18.9 Å². The summed E-state index contributed by atoms with van der Waals surface area (Å²) in [6.07, 6.45) is 2.31. The molecule has 1 aromatic carbocycles. The minimum Gasteiger partial charge on any atom is -0.507 e. The van der Waals surface area contributed by atoms with E-state index in [0.717, 1.165) is 19.5 Å². The standard InChI is InChI=1S/C14H18N2O3/c17-11-4-1-5-12(18)13(11)14(19)16-8-7-15-6-2-3-10(15)9-16/h1,4-5,10,17-18H,2-3,6-9H2. The maximum Gasteiger partial charge on any atom is 0.261 e. The molecule has 19 heavy (non-hydrogen) atoms. The molecule has 0 radical (unpaired) electrons. The Morgan fingerprint density at radius 3 is 2.63 bits per heavy atom. The Morgan fingerprint density at radius 2 is 1.89 bits per heavy atom. The number of hydrogen-bond acceptors (Lipinski definition) is 4. The van der Waals surface area contributed by atoms with Crippen molar-refractivity contribution >= 4 is 5.91 Å². The largest absolute Gasteiger partial charge is 0.507 e. The van der Waals surface area contributed by atoms with Crippen LogP contribution in [0, 0.1) is 0 Å². The second-order valence-corrected chi connectivity index (χ2v) is 5.25. The van der Waals surface area contributed by atoms with Crippen molar-refractivity contribution < 1.29 is 15.0 Å². The van der Waals surface area contributed by atoms with Crippen molar-refractivity contribution in [3.05, 3.63) is 23.8 Å². The third-order valence-corrected chi connectivity index (χ3v) is 4.11. The fourth-order valence-corrected chi connectivity index (χ4v) is 3.08. The number of carbonyl (C=O) groups is 1. The summed E-state index contributed by atoms with van der Waals surface area (Å²) >= 11 is 0. The van der Waals surface area contributed by atoms with E-state index >= 15 is 0 Å². The van der Waals surface area contributed by atoms with Crippen LogP contribution in [0.5, 0.6) is 11.5 Å². The van der Waals surface area contributed by atoms with Crippen LogP contribution in [-0.4, -0.2) is 58.1 Å². The topological polar surface area (TPSA) is 64.0 Å². The van der Waals surface area contributed by atoms with E-state index in [2.05, 4.69) is 4.90 Å². The Hall–Kier alpha value is -1.75. The Labute approximate surface area is 112 Å². The molecular weight excluding hydrogens is 244 g/mol. The van der Waals surface area contributed by atoms with Gasteiger partial charge >= 0.3 is 0 Å². The molecule has 0 bridgehead atoms. The molecule has 3 rings (SSSR count). The Morgan fingerprint density at radius 1 is 1.16 bits per heavy atom. The van der Waals surface area contributed by atoms with E-state index in [9.17, 15) is 15.0 Å². The molecule has 2 fully saturated rings. The van der Waals surface area contributed by atoms with Gasteiger partial charge in [0.05, 0.1) is 0 Å². The van der Waals surface area contributed by atoms with Gasteiger partial charge in [-0.1, -0.05) is 6.07 Å². The van der Waals surface area contributed by atoms with Gasteiger partial charge in [0.25, 0.3) is 5.91 Å². The average molecular weight is 262 g/mol. The lowest BCUT2D eigenvalue weighted by Gasteiger charge is -2.37. The van der Waals surface area contributed by atoms with Crippen molar-refractivity contribution in [3.8, 4) is 11.5 Å². The predicted molar refractivity (Wildman–Crippen MR) is 70.3 cm³/mol. The number of aromatic hydroxyl groups is 2. The second kappa shape index (κ2) is 4.74. The first-order valence-electron chi connectivity index (χ1n) is 6.71. The predicted octanol–water partition coefficient (Wildman–Crippen LogP) is 1.02. The molecule has 0 aliphatic carbocycles. The summed E-state index contributed by atoms with van der Waals surface area (Å²) in [6.45, 7) is 3.34. The summed E-state index contributed by atoms with van der Waals surface area (Å²) in [4.78, 5) is 16.6. The zero-order chi connectivity index (χ0) is 13.4. The molecule has 0 saturated carbocycles. The number of phenolic OH excluding ortho intramolecular Hbond substituents is 2. The number of rotatable bonds is 1. The summed E-state index contributed by atoms with van der Waals surface area (Å²) in [7, 11) is 0. The maximum absolute atomic E-state index is 12.4. The van der Waals surface area contributed by atoms with Crippen molar-refractivity contribution in [1.29, 1.82) is 0 Å². The molecule has 0 spiro atoms. The SMILES string of the molecule is O=C(c1c(O)cccc1O)N1CCN2CCCC2C1. The summed E-state index contributed by atoms with van der Waals surface area (Å²) in [5, 5.41) is 19.5. The summed E-state index contributed by atoms with van der Waals surface area (Å²) in [6, 6.07) is 4.82. The second-order valence-electron chi connectivity index (χ2n) is 5.25. The smallest absolute Gasteiger partial charge is 0.261 e. The highest BCUT2D eigenvalue weighted by Gasteiger charge is 2.34. The number of carbonyl (C=O) groups excluding carboxylic acids is 1. The molecule has 2 heterocycles. The van der Waals surface area contributed by atoms with Crippen LogP contribution >= 0.6 is 0 Å². The van der Waals surface area contributed by atoms with Crippen molar-refractivity contribution in [2.75, 3.05) is 26.2 Å². The zero-order valence-electron chi connectivity index (χ0n) is 10.7. The van der Waals surface area contributed by atoms with Gasteiger partial charge in [0, 0.05) is 25.7 Å². The normalized spacial score (nSPS) is 23.4. The van der Waals surface area contributed by atoms with Crippen LogP contribution in [-0.2, 0) is 0 Å². The fourth-order valence-electron chi connectivity index (χ4n) is 3.08. The van der Waals surface area contributed by atoms with Crippen molar-refractivity contribution in [2.24, 2.45) is 0 Å². The Balaban J connectivity index is 1.81. The number of hydrogen-bond donors (Lipinski definition) is 2. The first-order chi connectivity index (χ1) is 9.16.